The maximum absolute atomic E-state index is 14.2. The molecule has 0 saturated heterocycles. The third-order valence-corrected chi connectivity index (χ3v) is 4.17. The monoisotopic (exact) mass is 271 g/mol. The zero-order valence-corrected chi connectivity index (χ0v) is 11.6. The number of halogens is 2. The molecule has 3 nitrogen and oxygen atoms in total. The molecule has 2 atom stereocenters. The predicted octanol–water partition coefficient (Wildman–Crippen LogP) is 3.16. The maximum Gasteiger partial charge on any atom is 0.187 e. The molecule has 0 radical (unpaired) electrons. The van der Waals surface area contributed by atoms with E-state index in [2.05, 4.69) is 9.97 Å². The van der Waals surface area contributed by atoms with Crippen molar-refractivity contribution in [2.75, 3.05) is 11.9 Å². The van der Waals surface area contributed by atoms with Crippen molar-refractivity contribution >= 4 is 17.4 Å². The van der Waals surface area contributed by atoms with E-state index in [-0.39, 0.29) is 17.2 Å². The van der Waals surface area contributed by atoms with Crippen molar-refractivity contribution in [3.05, 3.63) is 17.8 Å². The molecule has 18 heavy (non-hydrogen) atoms. The highest BCUT2D eigenvalue weighted by molar-refractivity contribution is 6.21. The molecule has 0 aromatic carbocycles. The molecule has 1 saturated carbocycles. The zero-order valence-electron chi connectivity index (χ0n) is 10.9. The lowest BCUT2D eigenvalue weighted by Gasteiger charge is -2.35. The molecular weight excluding hydrogens is 253 g/mol. The third kappa shape index (κ3) is 2.58. The van der Waals surface area contributed by atoms with E-state index < -0.39 is 0 Å². The smallest absolute Gasteiger partial charge is 0.187 e. The summed E-state index contributed by atoms with van der Waals surface area (Å²) in [5.41, 5.74) is 0.466. The number of hydrogen-bond acceptors (Lipinski definition) is 3. The average molecular weight is 272 g/mol. The summed E-state index contributed by atoms with van der Waals surface area (Å²) in [5.74, 6) is 0.0661. The zero-order chi connectivity index (χ0) is 13.1. The number of anilines is 1. The second-order valence-corrected chi connectivity index (χ2v) is 5.35. The summed E-state index contributed by atoms with van der Waals surface area (Å²) in [7, 11) is 1.87. The topological polar surface area (TPSA) is 29.0 Å². The van der Waals surface area contributed by atoms with Gasteiger partial charge in [0, 0.05) is 13.1 Å². The van der Waals surface area contributed by atoms with Gasteiger partial charge in [0.1, 0.15) is 6.33 Å². The number of aryl methyl sites for hydroxylation is 1. The summed E-state index contributed by atoms with van der Waals surface area (Å²) >= 11 is 6.35. The molecule has 1 aromatic rings. The molecule has 2 unspecified atom stereocenters. The van der Waals surface area contributed by atoms with Crippen molar-refractivity contribution in [1.29, 1.82) is 0 Å². The second-order valence-electron chi connectivity index (χ2n) is 4.79. The first-order valence-corrected chi connectivity index (χ1v) is 6.95. The van der Waals surface area contributed by atoms with Crippen molar-refractivity contribution in [2.24, 2.45) is 0 Å². The highest BCUT2D eigenvalue weighted by Gasteiger charge is 2.29. The molecule has 1 aliphatic rings. The number of hydrogen-bond donors (Lipinski definition) is 0. The maximum atomic E-state index is 14.2. The van der Waals surface area contributed by atoms with E-state index in [1.54, 1.807) is 0 Å². The van der Waals surface area contributed by atoms with Crippen LogP contribution in [0.25, 0.3) is 0 Å². The fourth-order valence-electron chi connectivity index (χ4n) is 2.55. The number of rotatable bonds is 3. The summed E-state index contributed by atoms with van der Waals surface area (Å²) in [6.45, 7) is 1.89. The minimum absolute atomic E-state index is 0.0724. The minimum atomic E-state index is -0.308. The Bertz CT molecular complexity index is 413. The van der Waals surface area contributed by atoms with Gasteiger partial charge < -0.3 is 4.90 Å². The van der Waals surface area contributed by atoms with Crippen molar-refractivity contribution in [2.45, 2.75) is 50.4 Å². The van der Waals surface area contributed by atoms with Gasteiger partial charge in [-0.25, -0.2) is 14.4 Å². The predicted molar refractivity (Wildman–Crippen MR) is 71.7 cm³/mol. The molecule has 0 bridgehead atoms. The van der Waals surface area contributed by atoms with Crippen LogP contribution in [-0.4, -0.2) is 28.4 Å². The Morgan fingerprint density at radius 3 is 2.78 bits per heavy atom. The molecule has 100 valence electrons. The Balaban J connectivity index is 2.24. The largest absolute Gasteiger partial charge is 0.353 e. The van der Waals surface area contributed by atoms with Gasteiger partial charge in [-0.1, -0.05) is 19.8 Å². The minimum Gasteiger partial charge on any atom is -0.353 e. The van der Waals surface area contributed by atoms with E-state index in [1.807, 2.05) is 18.9 Å². The second kappa shape index (κ2) is 5.83. The van der Waals surface area contributed by atoms with E-state index >= 15 is 0 Å². The van der Waals surface area contributed by atoms with E-state index in [0.717, 1.165) is 25.7 Å². The van der Waals surface area contributed by atoms with Crippen LogP contribution in [-0.2, 0) is 6.42 Å². The van der Waals surface area contributed by atoms with E-state index in [4.69, 9.17) is 11.6 Å². The quantitative estimate of drug-likeness (QED) is 0.791. The number of aromatic nitrogens is 2. The lowest BCUT2D eigenvalue weighted by atomic mass is 9.94. The van der Waals surface area contributed by atoms with Gasteiger partial charge in [0.2, 0.25) is 0 Å². The Kier molecular flexibility index (Phi) is 4.38. The van der Waals surface area contributed by atoms with Crippen LogP contribution < -0.4 is 4.90 Å². The summed E-state index contributed by atoms with van der Waals surface area (Å²) in [4.78, 5) is 9.92. The van der Waals surface area contributed by atoms with Crippen LogP contribution in [0.3, 0.4) is 0 Å². The molecule has 0 amide bonds. The van der Waals surface area contributed by atoms with E-state index in [0.29, 0.717) is 17.9 Å². The molecule has 0 spiro atoms. The summed E-state index contributed by atoms with van der Waals surface area (Å²) in [5, 5.41) is 0.0724. The lowest BCUT2D eigenvalue weighted by Crippen LogP contribution is -2.42. The van der Waals surface area contributed by atoms with Crippen molar-refractivity contribution in [1.82, 2.24) is 9.97 Å². The van der Waals surface area contributed by atoms with Crippen molar-refractivity contribution in [3.63, 3.8) is 0 Å². The number of nitrogens with zero attached hydrogens (tertiary/aromatic N) is 3. The lowest BCUT2D eigenvalue weighted by molar-refractivity contribution is 0.427. The first kappa shape index (κ1) is 13.5. The van der Waals surface area contributed by atoms with Gasteiger partial charge in [0.15, 0.2) is 11.6 Å². The van der Waals surface area contributed by atoms with Gasteiger partial charge in [0.05, 0.1) is 11.1 Å². The molecule has 0 aliphatic heterocycles. The standard InChI is InChI=1S/C13H19ClFN3/c1-3-10-12(15)13(17-8-16-10)18(2)11-7-5-4-6-9(11)14/h8-9,11H,3-7H2,1-2H3. The molecule has 2 rings (SSSR count). The number of alkyl halides is 1. The molecule has 5 heteroatoms. The average Bonchev–Trinajstić information content (AvgIpc) is 2.39. The third-order valence-electron chi connectivity index (χ3n) is 3.66. The van der Waals surface area contributed by atoms with Crippen LogP contribution in [0.2, 0.25) is 0 Å². The Labute approximate surface area is 112 Å². The molecule has 1 aliphatic carbocycles. The summed E-state index contributed by atoms with van der Waals surface area (Å²) in [6, 6.07) is 0.162. The summed E-state index contributed by atoms with van der Waals surface area (Å²) in [6.07, 6.45) is 6.29. The Hall–Kier alpha value is -0.900. The SMILES string of the molecule is CCc1ncnc(N(C)C2CCCCC2Cl)c1F. The van der Waals surface area contributed by atoms with Crippen molar-refractivity contribution in [3.8, 4) is 0 Å². The van der Waals surface area contributed by atoms with Gasteiger partial charge in [-0.2, -0.15) is 0 Å². The van der Waals surface area contributed by atoms with Crippen LogP contribution in [0, 0.1) is 5.82 Å². The first-order chi connectivity index (χ1) is 8.65. The summed E-state index contributed by atoms with van der Waals surface area (Å²) < 4.78 is 14.2. The van der Waals surface area contributed by atoms with Crippen LogP contribution >= 0.6 is 11.6 Å². The van der Waals surface area contributed by atoms with Gasteiger partial charge >= 0.3 is 0 Å². The fraction of sp³-hybridized carbons (Fsp3) is 0.692. The molecule has 0 N–H and O–H groups in total. The van der Waals surface area contributed by atoms with Crippen LogP contribution in [0.1, 0.15) is 38.3 Å². The van der Waals surface area contributed by atoms with Crippen molar-refractivity contribution < 1.29 is 4.39 Å². The first-order valence-electron chi connectivity index (χ1n) is 6.51. The van der Waals surface area contributed by atoms with Gasteiger partial charge in [-0.3, -0.25) is 0 Å². The highest BCUT2D eigenvalue weighted by atomic mass is 35.5. The van der Waals surface area contributed by atoms with Crippen LogP contribution in [0.5, 0.6) is 0 Å². The fourth-order valence-corrected chi connectivity index (χ4v) is 3.00. The van der Waals surface area contributed by atoms with Crippen LogP contribution in [0.15, 0.2) is 6.33 Å². The van der Waals surface area contributed by atoms with E-state index in [1.165, 1.54) is 6.33 Å². The molecule has 1 fully saturated rings. The Morgan fingerprint density at radius 2 is 2.11 bits per heavy atom. The normalized spacial score (nSPS) is 24.0. The molecule has 1 heterocycles. The van der Waals surface area contributed by atoms with E-state index in [9.17, 15) is 4.39 Å². The molecular formula is C13H19ClFN3. The van der Waals surface area contributed by atoms with Gasteiger partial charge in [0.25, 0.3) is 0 Å². The van der Waals surface area contributed by atoms with Gasteiger partial charge in [-0.05, 0) is 19.3 Å². The molecule has 1 aromatic heterocycles. The van der Waals surface area contributed by atoms with Crippen LogP contribution in [0.4, 0.5) is 10.2 Å². The highest BCUT2D eigenvalue weighted by Crippen LogP contribution is 2.30. The van der Waals surface area contributed by atoms with Gasteiger partial charge in [-0.15, -0.1) is 11.6 Å². The Morgan fingerprint density at radius 1 is 1.39 bits per heavy atom.